The molecule has 1 aromatic carbocycles. The Morgan fingerprint density at radius 1 is 1.07 bits per heavy atom. The molecule has 0 aliphatic carbocycles. The predicted molar refractivity (Wildman–Crippen MR) is 106 cm³/mol. The van der Waals surface area contributed by atoms with E-state index >= 15 is 0 Å². The van der Waals surface area contributed by atoms with Gasteiger partial charge < -0.3 is 14.6 Å². The van der Waals surface area contributed by atoms with Crippen molar-refractivity contribution in [1.82, 2.24) is 9.88 Å². The lowest BCUT2D eigenvalue weighted by Crippen LogP contribution is -2.30. The van der Waals surface area contributed by atoms with Crippen molar-refractivity contribution in [2.24, 2.45) is 0 Å². The first-order valence-electron chi connectivity index (χ1n) is 8.66. The third kappa shape index (κ3) is 4.28. The van der Waals surface area contributed by atoms with E-state index in [1.54, 1.807) is 12.1 Å². The molecule has 0 aliphatic heterocycles. The molecule has 2 heterocycles. The number of hydrogen-bond acceptors (Lipinski definition) is 4. The number of hydrogen-bond donors (Lipinski definition) is 1. The number of nitrogens with one attached hydrogen (secondary N) is 1. The molecule has 27 heavy (non-hydrogen) atoms. The first-order chi connectivity index (χ1) is 13.0. The van der Waals surface area contributed by atoms with Gasteiger partial charge in [0, 0.05) is 27.5 Å². The Hall–Kier alpha value is -2.86. The van der Waals surface area contributed by atoms with Crippen molar-refractivity contribution in [2.75, 3.05) is 7.11 Å². The molecule has 0 aliphatic rings. The Balaban J connectivity index is 1.77. The van der Waals surface area contributed by atoms with Gasteiger partial charge in [0.2, 0.25) is 0 Å². The number of carbonyl (C=O) groups is 2. The number of aromatic nitrogens is 1. The van der Waals surface area contributed by atoms with Crippen LogP contribution in [0.25, 0.3) is 5.69 Å². The monoisotopic (exact) mass is 382 g/mol. The highest BCUT2D eigenvalue weighted by Gasteiger charge is 2.20. The SMILES string of the molecule is COC(=O)CC(NC(=O)c1ccc(-n2c(C)ccc2C)cc1)c1cccs1. The highest BCUT2D eigenvalue weighted by molar-refractivity contribution is 7.10. The highest BCUT2D eigenvalue weighted by Crippen LogP contribution is 2.23. The maximum Gasteiger partial charge on any atom is 0.307 e. The summed E-state index contributed by atoms with van der Waals surface area (Å²) in [4.78, 5) is 25.3. The lowest BCUT2D eigenvalue weighted by molar-refractivity contribution is -0.141. The third-order valence-electron chi connectivity index (χ3n) is 4.45. The number of aryl methyl sites for hydroxylation is 2. The number of benzene rings is 1. The topological polar surface area (TPSA) is 60.3 Å². The van der Waals surface area contributed by atoms with Crippen LogP contribution in [0.5, 0.6) is 0 Å². The van der Waals surface area contributed by atoms with Crippen LogP contribution in [0.2, 0.25) is 0 Å². The molecule has 1 amide bonds. The van der Waals surface area contributed by atoms with Gasteiger partial charge in [0.1, 0.15) is 0 Å². The molecule has 140 valence electrons. The smallest absolute Gasteiger partial charge is 0.307 e. The zero-order valence-corrected chi connectivity index (χ0v) is 16.4. The van der Waals surface area contributed by atoms with Gasteiger partial charge in [0.05, 0.1) is 19.6 Å². The van der Waals surface area contributed by atoms with Crippen LogP contribution < -0.4 is 5.32 Å². The number of thiophene rings is 1. The molecular formula is C21H22N2O3S. The fraction of sp³-hybridized carbons (Fsp3) is 0.238. The summed E-state index contributed by atoms with van der Waals surface area (Å²) in [5.41, 5.74) is 3.84. The second kappa shape index (κ2) is 8.22. The minimum atomic E-state index is -0.404. The molecule has 2 aromatic heterocycles. The molecule has 5 nitrogen and oxygen atoms in total. The largest absolute Gasteiger partial charge is 0.469 e. The van der Waals surface area contributed by atoms with Crippen LogP contribution in [0.15, 0.2) is 53.9 Å². The van der Waals surface area contributed by atoms with E-state index in [9.17, 15) is 9.59 Å². The molecule has 0 bridgehead atoms. The Kier molecular flexibility index (Phi) is 5.76. The number of esters is 1. The van der Waals surface area contributed by atoms with Crippen LogP contribution in [0.3, 0.4) is 0 Å². The van der Waals surface area contributed by atoms with Gasteiger partial charge in [-0.25, -0.2) is 0 Å². The van der Waals surface area contributed by atoms with Crippen LogP contribution in [-0.2, 0) is 9.53 Å². The summed E-state index contributed by atoms with van der Waals surface area (Å²) in [7, 11) is 1.35. The molecule has 0 fully saturated rings. The van der Waals surface area contributed by atoms with Crippen molar-refractivity contribution in [3.05, 3.63) is 75.7 Å². The summed E-state index contributed by atoms with van der Waals surface area (Å²) in [6, 6.07) is 15.0. The van der Waals surface area contributed by atoms with Gasteiger partial charge in [-0.15, -0.1) is 11.3 Å². The van der Waals surface area contributed by atoms with Crippen LogP contribution in [-0.4, -0.2) is 23.6 Å². The van der Waals surface area contributed by atoms with Gasteiger partial charge >= 0.3 is 5.97 Å². The van der Waals surface area contributed by atoms with Crippen molar-refractivity contribution in [2.45, 2.75) is 26.3 Å². The second-order valence-corrected chi connectivity index (χ2v) is 7.30. The van der Waals surface area contributed by atoms with E-state index in [2.05, 4.69) is 22.0 Å². The standard InChI is InChI=1S/C21H22N2O3S/c1-14-6-7-15(2)23(14)17-10-8-16(9-11-17)21(25)22-18(13-20(24)26-3)19-5-4-12-27-19/h4-12,18H,13H2,1-3H3,(H,22,25). The van der Waals surface area contributed by atoms with E-state index in [-0.39, 0.29) is 18.3 Å². The summed E-state index contributed by atoms with van der Waals surface area (Å²) >= 11 is 1.50. The Bertz CT molecular complexity index is 908. The summed E-state index contributed by atoms with van der Waals surface area (Å²) < 4.78 is 6.89. The number of carbonyl (C=O) groups excluding carboxylic acids is 2. The van der Waals surface area contributed by atoms with Crippen LogP contribution in [0.1, 0.15) is 39.1 Å². The molecule has 0 radical (unpaired) electrons. The molecule has 3 rings (SSSR count). The van der Waals surface area contributed by atoms with E-state index in [1.807, 2.05) is 43.5 Å². The van der Waals surface area contributed by atoms with E-state index in [0.29, 0.717) is 5.56 Å². The van der Waals surface area contributed by atoms with Crippen molar-refractivity contribution < 1.29 is 14.3 Å². The Labute approximate surface area is 162 Å². The van der Waals surface area contributed by atoms with Gasteiger partial charge in [-0.1, -0.05) is 6.07 Å². The van der Waals surface area contributed by atoms with Gasteiger partial charge in [-0.05, 0) is 61.7 Å². The van der Waals surface area contributed by atoms with Crippen molar-refractivity contribution >= 4 is 23.2 Å². The number of ether oxygens (including phenoxy) is 1. The quantitative estimate of drug-likeness (QED) is 0.650. The molecule has 0 saturated heterocycles. The molecule has 1 unspecified atom stereocenters. The minimum absolute atomic E-state index is 0.0998. The first kappa shape index (κ1) is 18.9. The van der Waals surface area contributed by atoms with Crippen molar-refractivity contribution in [3.8, 4) is 5.69 Å². The fourth-order valence-corrected chi connectivity index (χ4v) is 3.82. The molecule has 1 atom stereocenters. The average molecular weight is 382 g/mol. The number of methoxy groups -OCH3 is 1. The van der Waals surface area contributed by atoms with Crippen LogP contribution >= 0.6 is 11.3 Å². The zero-order valence-electron chi connectivity index (χ0n) is 15.6. The van der Waals surface area contributed by atoms with E-state index in [0.717, 1.165) is 22.0 Å². The fourth-order valence-electron chi connectivity index (χ4n) is 3.04. The lowest BCUT2D eigenvalue weighted by Gasteiger charge is -2.17. The second-order valence-electron chi connectivity index (χ2n) is 6.32. The van der Waals surface area contributed by atoms with Gasteiger partial charge in [-0.2, -0.15) is 0 Å². The highest BCUT2D eigenvalue weighted by atomic mass is 32.1. The van der Waals surface area contributed by atoms with Gasteiger partial charge in [0.15, 0.2) is 0 Å². The van der Waals surface area contributed by atoms with Gasteiger partial charge in [0.25, 0.3) is 5.91 Å². The molecule has 3 aromatic rings. The summed E-state index contributed by atoms with van der Waals surface area (Å²) in [5, 5.41) is 4.86. The van der Waals surface area contributed by atoms with Crippen molar-refractivity contribution in [3.63, 3.8) is 0 Å². The van der Waals surface area contributed by atoms with Gasteiger partial charge in [-0.3, -0.25) is 9.59 Å². The first-order valence-corrected chi connectivity index (χ1v) is 9.54. The zero-order chi connectivity index (χ0) is 19.4. The number of amides is 1. The maximum atomic E-state index is 12.7. The van der Waals surface area contributed by atoms with E-state index < -0.39 is 6.04 Å². The molecule has 6 heteroatoms. The summed E-state index contributed by atoms with van der Waals surface area (Å²) in [6.07, 6.45) is 0.0998. The van der Waals surface area contributed by atoms with Crippen LogP contribution in [0.4, 0.5) is 0 Å². The average Bonchev–Trinajstić information content (AvgIpc) is 3.31. The van der Waals surface area contributed by atoms with E-state index in [4.69, 9.17) is 4.74 Å². The number of nitrogens with zero attached hydrogens (tertiary/aromatic N) is 1. The Morgan fingerprint density at radius 2 is 1.74 bits per heavy atom. The molecule has 0 saturated carbocycles. The normalized spacial score (nSPS) is 11.8. The molecule has 1 N–H and O–H groups in total. The predicted octanol–water partition coefficient (Wildman–Crippen LogP) is 4.19. The maximum absolute atomic E-state index is 12.7. The number of rotatable bonds is 6. The van der Waals surface area contributed by atoms with E-state index in [1.165, 1.54) is 18.4 Å². The third-order valence-corrected chi connectivity index (χ3v) is 5.44. The lowest BCUT2D eigenvalue weighted by atomic mass is 10.1. The van der Waals surface area contributed by atoms with Crippen LogP contribution in [0, 0.1) is 13.8 Å². The molecular weight excluding hydrogens is 360 g/mol. The van der Waals surface area contributed by atoms with Crippen molar-refractivity contribution in [1.29, 1.82) is 0 Å². The summed E-state index contributed by atoms with van der Waals surface area (Å²) in [5.74, 6) is -0.576. The summed E-state index contributed by atoms with van der Waals surface area (Å²) in [6.45, 7) is 4.10. The minimum Gasteiger partial charge on any atom is -0.469 e. The Morgan fingerprint density at radius 3 is 2.30 bits per heavy atom. The molecule has 0 spiro atoms.